The number of rotatable bonds is 9. The maximum Gasteiger partial charge on any atom is 0.284 e. The van der Waals surface area contributed by atoms with Crippen molar-refractivity contribution >= 4 is 21.7 Å². The highest BCUT2D eigenvalue weighted by Gasteiger charge is 2.16. The second-order valence-electron chi connectivity index (χ2n) is 6.08. The van der Waals surface area contributed by atoms with Crippen molar-refractivity contribution in [3.05, 3.63) is 64.6 Å². The molecule has 0 fully saturated rings. The van der Waals surface area contributed by atoms with Gasteiger partial charge in [-0.25, -0.2) is 4.98 Å². The van der Waals surface area contributed by atoms with E-state index in [0.29, 0.717) is 16.7 Å². The lowest BCUT2D eigenvalue weighted by atomic mass is 10.0. The van der Waals surface area contributed by atoms with Gasteiger partial charge in [0, 0.05) is 6.42 Å². The summed E-state index contributed by atoms with van der Waals surface area (Å²) in [5.41, 5.74) is 1.91. The Morgan fingerprint density at radius 3 is 2.54 bits per heavy atom. The van der Waals surface area contributed by atoms with Gasteiger partial charge in [0.2, 0.25) is 5.78 Å². The standard InChI is InChI=1S/C20H20BrN3O2/c21-18-14-8-12-16(22-18)19-23-24-20(26-19)17(25)13-7-2-1-4-9-15-10-5-3-6-11-15/h3,5-6,8,10-12,14H,1-2,4,7,9,13H2. The minimum absolute atomic E-state index is 0.0612. The zero-order valence-corrected chi connectivity index (χ0v) is 16.0. The first-order valence-corrected chi connectivity index (χ1v) is 9.55. The van der Waals surface area contributed by atoms with Gasteiger partial charge in [0.05, 0.1) is 0 Å². The molecule has 0 spiro atoms. The van der Waals surface area contributed by atoms with Crippen molar-refractivity contribution in [2.45, 2.75) is 38.5 Å². The molecule has 0 aliphatic heterocycles. The minimum Gasteiger partial charge on any atom is -0.412 e. The highest BCUT2D eigenvalue weighted by Crippen LogP contribution is 2.19. The molecule has 5 nitrogen and oxygen atoms in total. The third-order valence-electron chi connectivity index (χ3n) is 4.06. The van der Waals surface area contributed by atoms with E-state index in [-0.39, 0.29) is 17.6 Å². The summed E-state index contributed by atoms with van der Waals surface area (Å²) in [6, 6.07) is 15.9. The molecule has 0 amide bonds. The van der Waals surface area contributed by atoms with Gasteiger partial charge in [0.15, 0.2) is 0 Å². The second kappa shape index (κ2) is 9.38. The predicted octanol–water partition coefficient (Wildman–Crippen LogP) is 5.27. The van der Waals surface area contributed by atoms with E-state index in [2.05, 4.69) is 55.4 Å². The fraction of sp³-hybridized carbons (Fsp3) is 0.300. The molecular formula is C20H20BrN3O2. The van der Waals surface area contributed by atoms with Crippen molar-refractivity contribution in [2.75, 3.05) is 0 Å². The number of pyridine rings is 1. The van der Waals surface area contributed by atoms with Crippen LogP contribution in [0.5, 0.6) is 0 Å². The maximum atomic E-state index is 12.2. The fourth-order valence-electron chi connectivity index (χ4n) is 2.69. The largest absolute Gasteiger partial charge is 0.412 e. The van der Waals surface area contributed by atoms with E-state index in [1.165, 1.54) is 5.56 Å². The van der Waals surface area contributed by atoms with E-state index in [0.717, 1.165) is 32.1 Å². The number of halogens is 1. The van der Waals surface area contributed by atoms with Crippen molar-refractivity contribution in [1.82, 2.24) is 15.2 Å². The van der Waals surface area contributed by atoms with Crippen LogP contribution in [0, 0.1) is 0 Å². The molecule has 0 saturated heterocycles. The van der Waals surface area contributed by atoms with Gasteiger partial charge in [-0.15, -0.1) is 10.2 Å². The Labute approximate surface area is 161 Å². The number of aryl methyl sites for hydroxylation is 1. The summed E-state index contributed by atoms with van der Waals surface area (Å²) in [5.74, 6) is 0.213. The Morgan fingerprint density at radius 1 is 0.923 bits per heavy atom. The predicted molar refractivity (Wildman–Crippen MR) is 103 cm³/mol. The van der Waals surface area contributed by atoms with E-state index in [1.807, 2.05) is 18.2 Å². The number of unbranched alkanes of at least 4 members (excludes halogenated alkanes) is 3. The summed E-state index contributed by atoms with van der Waals surface area (Å²) in [7, 11) is 0. The lowest BCUT2D eigenvalue weighted by Crippen LogP contribution is -1.99. The van der Waals surface area contributed by atoms with Gasteiger partial charge in [-0.05, 0) is 52.9 Å². The number of nitrogens with zero attached hydrogens (tertiary/aromatic N) is 3. The minimum atomic E-state index is -0.109. The number of carbonyl (C=O) groups is 1. The summed E-state index contributed by atoms with van der Waals surface area (Å²) >= 11 is 3.30. The molecule has 0 aliphatic carbocycles. The highest BCUT2D eigenvalue weighted by atomic mass is 79.9. The molecule has 0 aliphatic rings. The molecule has 1 aromatic carbocycles. The number of hydrogen-bond acceptors (Lipinski definition) is 5. The number of benzene rings is 1. The fourth-order valence-corrected chi connectivity index (χ4v) is 3.03. The lowest BCUT2D eigenvalue weighted by Gasteiger charge is -2.01. The molecule has 0 saturated carbocycles. The quantitative estimate of drug-likeness (QED) is 0.271. The summed E-state index contributed by atoms with van der Waals surface area (Å²) in [4.78, 5) is 16.4. The van der Waals surface area contributed by atoms with Crippen LogP contribution in [0.4, 0.5) is 0 Å². The van der Waals surface area contributed by atoms with E-state index < -0.39 is 0 Å². The van der Waals surface area contributed by atoms with Crippen LogP contribution in [-0.4, -0.2) is 21.0 Å². The van der Waals surface area contributed by atoms with Crippen LogP contribution in [0.25, 0.3) is 11.6 Å². The van der Waals surface area contributed by atoms with Crippen molar-refractivity contribution < 1.29 is 9.21 Å². The molecule has 2 aromatic heterocycles. The Bertz CT molecular complexity index is 849. The Hall–Kier alpha value is -2.34. The molecule has 0 bridgehead atoms. The van der Waals surface area contributed by atoms with Crippen LogP contribution >= 0.6 is 15.9 Å². The molecule has 2 heterocycles. The number of ketones is 1. The monoisotopic (exact) mass is 413 g/mol. The lowest BCUT2D eigenvalue weighted by molar-refractivity contribution is 0.0946. The summed E-state index contributed by atoms with van der Waals surface area (Å²) in [6.07, 6.45) is 5.62. The van der Waals surface area contributed by atoms with Crippen molar-refractivity contribution in [1.29, 1.82) is 0 Å². The van der Waals surface area contributed by atoms with Crippen LogP contribution < -0.4 is 0 Å². The third-order valence-corrected chi connectivity index (χ3v) is 4.50. The average molecular weight is 414 g/mol. The molecule has 0 unspecified atom stereocenters. The summed E-state index contributed by atoms with van der Waals surface area (Å²) in [6.45, 7) is 0. The van der Waals surface area contributed by atoms with Crippen LogP contribution in [0.1, 0.15) is 48.4 Å². The van der Waals surface area contributed by atoms with Crippen molar-refractivity contribution in [3.63, 3.8) is 0 Å². The number of carbonyl (C=O) groups excluding carboxylic acids is 1. The Balaban J connectivity index is 1.40. The Morgan fingerprint density at radius 2 is 1.73 bits per heavy atom. The normalized spacial score (nSPS) is 10.8. The van der Waals surface area contributed by atoms with Crippen LogP contribution in [0.2, 0.25) is 0 Å². The van der Waals surface area contributed by atoms with Gasteiger partial charge >= 0.3 is 0 Å². The number of aromatic nitrogens is 3. The van der Waals surface area contributed by atoms with E-state index in [4.69, 9.17) is 4.42 Å². The first-order chi connectivity index (χ1) is 12.7. The first kappa shape index (κ1) is 18.5. The van der Waals surface area contributed by atoms with Crippen LogP contribution in [0.3, 0.4) is 0 Å². The third kappa shape index (κ3) is 5.33. The molecule has 6 heteroatoms. The first-order valence-electron chi connectivity index (χ1n) is 8.76. The molecule has 134 valence electrons. The molecule has 0 radical (unpaired) electrons. The van der Waals surface area contributed by atoms with Gasteiger partial charge in [0.1, 0.15) is 10.3 Å². The van der Waals surface area contributed by atoms with Crippen LogP contribution in [-0.2, 0) is 6.42 Å². The molecule has 3 aromatic rings. The average Bonchev–Trinajstić information content (AvgIpc) is 3.15. The SMILES string of the molecule is O=C(CCCCCCc1ccccc1)c1nnc(-c2cccc(Br)n2)o1. The van der Waals surface area contributed by atoms with E-state index in [1.54, 1.807) is 6.07 Å². The van der Waals surface area contributed by atoms with Crippen molar-refractivity contribution in [3.8, 4) is 11.6 Å². The van der Waals surface area contributed by atoms with Gasteiger partial charge in [0.25, 0.3) is 11.8 Å². The second-order valence-corrected chi connectivity index (χ2v) is 6.89. The smallest absolute Gasteiger partial charge is 0.284 e. The summed E-state index contributed by atoms with van der Waals surface area (Å²) < 4.78 is 6.14. The number of hydrogen-bond donors (Lipinski definition) is 0. The topological polar surface area (TPSA) is 68.9 Å². The van der Waals surface area contributed by atoms with Crippen molar-refractivity contribution in [2.24, 2.45) is 0 Å². The zero-order chi connectivity index (χ0) is 18.2. The van der Waals surface area contributed by atoms with E-state index >= 15 is 0 Å². The summed E-state index contributed by atoms with van der Waals surface area (Å²) in [5, 5.41) is 7.77. The maximum absolute atomic E-state index is 12.2. The highest BCUT2D eigenvalue weighted by molar-refractivity contribution is 9.10. The Kier molecular flexibility index (Phi) is 6.66. The van der Waals surface area contributed by atoms with Gasteiger partial charge in [-0.2, -0.15) is 0 Å². The molecular weight excluding hydrogens is 394 g/mol. The van der Waals surface area contributed by atoms with Gasteiger partial charge in [-0.3, -0.25) is 4.79 Å². The molecule has 3 rings (SSSR count). The molecule has 0 N–H and O–H groups in total. The molecule has 0 atom stereocenters. The van der Waals surface area contributed by atoms with Gasteiger partial charge in [-0.1, -0.05) is 49.2 Å². The van der Waals surface area contributed by atoms with Crippen LogP contribution in [0.15, 0.2) is 57.6 Å². The molecule has 26 heavy (non-hydrogen) atoms. The zero-order valence-electron chi connectivity index (χ0n) is 14.4. The van der Waals surface area contributed by atoms with Gasteiger partial charge < -0.3 is 4.42 Å². The van der Waals surface area contributed by atoms with E-state index in [9.17, 15) is 4.79 Å². The number of Topliss-reactive ketones (excluding diaryl/α,β-unsaturated/α-hetero) is 1.